The molecule has 1 saturated heterocycles. The van der Waals surface area contributed by atoms with Crippen LogP contribution in [0.25, 0.3) is 0 Å². The summed E-state index contributed by atoms with van der Waals surface area (Å²) < 4.78 is 41.8. The summed E-state index contributed by atoms with van der Waals surface area (Å²) in [5, 5.41) is 9.80. The lowest BCUT2D eigenvalue weighted by Gasteiger charge is -2.37. The van der Waals surface area contributed by atoms with Gasteiger partial charge >= 0.3 is 0 Å². The van der Waals surface area contributed by atoms with Crippen LogP contribution in [0.15, 0.2) is 29.3 Å². The smallest absolute Gasteiger partial charge is 0.276 e. The van der Waals surface area contributed by atoms with Gasteiger partial charge < -0.3 is 4.90 Å². The monoisotopic (exact) mass is 441 g/mol. The molecule has 156 valence electrons. The largest absolute Gasteiger partial charge is 0.337 e. The van der Waals surface area contributed by atoms with Gasteiger partial charge in [0.15, 0.2) is 5.69 Å². The van der Waals surface area contributed by atoms with Crippen LogP contribution in [-0.4, -0.2) is 53.8 Å². The summed E-state index contributed by atoms with van der Waals surface area (Å²) >= 11 is 5.96. The van der Waals surface area contributed by atoms with E-state index in [4.69, 9.17) is 11.6 Å². The van der Waals surface area contributed by atoms with E-state index in [-0.39, 0.29) is 39.4 Å². The van der Waals surface area contributed by atoms with Crippen LogP contribution in [0.2, 0.25) is 5.02 Å². The number of H-pyrrole nitrogens is 1. The number of amides is 1. The Kier molecular flexibility index (Phi) is 5.34. The molecular formula is C18H21ClFN5O3S. The normalized spacial score (nSPS) is 27.1. The van der Waals surface area contributed by atoms with Crippen molar-refractivity contribution in [2.75, 3.05) is 13.1 Å². The number of hydrogen-bond donors (Lipinski definition) is 2. The molecule has 1 aliphatic carbocycles. The highest BCUT2D eigenvalue weighted by molar-refractivity contribution is 7.89. The Morgan fingerprint density at radius 1 is 1.31 bits per heavy atom. The zero-order chi connectivity index (χ0) is 20.8. The van der Waals surface area contributed by atoms with Gasteiger partial charge in [0.2, 0.25) is 10.0 Å². The maximum atomic E-state index is 13.3. The second kappa shape index (κ2) is 7.66. The van der Waals surface area contributed by atoms with E-state index in [0.717, 1.165) is 24.6 Å². The Morgan fingerprint density at radius 2 is 2.07 bits per heavy atom. The van der Waals surface area contributed by atoms with Crippen molar-refractivity contribution in [2.45, 2.75) is 30.7 Å². The molecule has 0 spiro atoms. The third-order valence-electron chi connectivity index (χ3n) is 6.00. The predicted molar refractivity (Wildman–Crippen MR) is 103 cm³/mol. The highest BCUT2D eigenvalue weighted by Crippen LogP contribution is 2.41. The van der Waals surface area contributed by atoms with E-state index in [9.17, 15) is 17.6 Å². The zero-order valence-electron chi connectivity index (χ0n) is 15.7. The van der Waals surface area contributed by atoms with Crippen LogP contribution in [-0.2, 0) is 10.0 Å². The highest BCUT2D eigenvalue weighted by atomic mass is 35.5. The van der Waals surface area contributed by atoms with Crippen molar-refractivity contribution < 1.29 is 17.6 Å². The standard InChI is InChI=1S/C18H21ClFN5O3S/c1-10-2-4-15(23-29(27,28)17-5-3-11(20)6-14(17)19)13-9-25(8-12(10)13)18(26)16-7-21-24-22-16/h3,5-7,10,12-13,15,23H,2,4,8-9H2,1H3,(H,21,22,24)/t10-,12-,13-,15+/m1/s1. The first-order valence-corrected chi connectivity index (χ1v) is 11.2. The third-order valence-corrected chi connectivity index (χ3v) is 7.98. The van der Waals surface area contributed by atoms with E-state index in [1.807, 2.05) is 0 Å². The number of fused-ring (bicyclic) bond motifs is 1. The van der Waals surface area contributed by atoms with Crippen LogP contribution in [0.4, 0.5) is 4.39 Å². The molecule has 2 aromatic rings. The van der Waals surface area contributed by atoms with Gasteiger partial charge in [-0.1, -0.05) is 18.5 Å². The Morgan fingerprint density at radius 3 is 2.76 bits per heavy atom. The molecule has 1 amide bonds. The molecule has 0 unspecified atom stereocenters. The molecule has 1 aliphatic heterocycles. The minimum Gasteiger partial charge on any atom is -0.337 e. The van der Waals surface area contributed by atoms with Gasteiger partial charge in [0.05, 0.1) is 11.2 Å². The molecule has 2 aliphatic rings. The van der Waals surface area contributed by atoms with E-state index in [2.05, 4.69) is 27.1 Å². The first-order valence-electron chi connectivity index (χ1n) is 9.38. The molecule has 8 nitrogen and oxygen atoms in total. The number of aromatic nitrogens is 3. The fourth-order valence-electron chi connectivity index (χ4n) is 4.49. The van der Waals surface area contributed by atoms with Gasteiger partial charge in [-0.05, 0) is 48.8 Å². The molecule has 1 aromatic heterocycles. The van der Waals surface area contributed by atoms with Gasteiger partial charge in [-0.15, -0.1) is 0 Å². The molecule has 0 bridgehead atoms. The molecule has 2 N–H and O–H groups in total. The summed E-state index contributed by atoms with van der Waals surface area (Å²) in [6.45, 7) is 3.11. The van der Waals surface area contributed by atoms with E-state index in [1.165, 1.54) is 6.20 Å². The number of benzene rings is 1. The second-order valence-electron chi connectivity index (χ2n) is 7.75. The average Bonchev–Trinajstić information content (AvgIpc) is 3.33. The lowest BCUT2D eigenvalue weighted by molar-refractivity contribution is 0.0776. The van der Waals surface area contributed by atoms with Crippen molar-refractivity contribution in [2.24, 2.45) is 17.8 Å². The van der Waals surface area contributed by atoms with Crippen LogP contribution in [0.1, 0.15) is 30.3 Å². The SMILES string of the molecule is C[C@@H]1CC[C@H](NS(=O)(=O)c2ccc(F)cc2Cl)[C@@H]2CN(C(=O)c3cn[nH]n3)C[C@@H]21. The van der Waals surface area contributed by atoms with Gasteiger partial charge in [0, 0.05) is 19.1 Å². The maximum Gasteiger partial charge on any atom is 0.276 e. The molecule has 2 fully saturated rings. The number of sulfonamides is 1. The Bertz CT molecular complexity index is 1020. The van der Waals surface area contributed by atoms with Crippen molar-refractivity contribution >= 4 is 27.5 Å². The molecule has 1 saturated carbocycles. The number of likely N-dealkylation sites (tertiary alicyclic amines) is 1. The quantitative estimate of drug-likeness (QED) is 0.755. The minimum atomic E-state index is -3.92. The molecule has 11 heteroatoms. The second-order valence-corrected chi connectivity index (χ2v) is 9.84. The first-order chi connectivity index (χ1) is 13.8. The lowest BCUT2D eigenvalue weighted by Crippen LogP contribution is -2.47. The Balaban J connectivity index is 1.55. The molecule has 2 heterocycles. The van der Waals surface area contributed by atoms with Crippen molar-refractivity contribution in [3.05, 3.63) is 40.9 Å². The Hall–Kier alpha value is -2.04. The zero-order valence-corrected chi connectivity index (χ0v) is 17.3. The fourth-order valence-corrected chi connectivity index (χ4v) is 6.34. The summed E-state index contributed by atoms with van der Waals surface area (Å²) in [5.41, 5.74) is 0.242. The van der Waals surface area contributed by atoms with Gasteiger partial charge in [-0.2, -0.15) is 15.4 Å². The van der Waals surface area contributed by atoms with Crippen molar-refractivity contribution in [3.8, 4) is 0 Å². The predicted octanol–water partition coefficient (Wildman–Crippen LogP) is 2.06. The fraction of sp³-hybridized carbons (Fsp3) is 0.500. The summed E-state index contributed by atoms with van der Waals surface area (Å²) in [6.07, 6.45) is 2.88. The lowest BCUT2D eigenvalue weighted by atomic mass is 9.72. The summed E-state index contributed by atoms with van der Waals surface area (Å²) in [5.74, 6) is -0.299. The number of carbonyl (C=O) groups excluding carboxylic acids is 1. The van der Waals surface area contributed by atoms with Crippen LogP contribution < -0.4 is 4.72 Å². The van der Waals surface area contributed by atoms with E-state index >= 15 is 0 Å². The van der Waals surface area contributed by atoms with Crippen molar-refractivity contribution in [1.29, 1.82) is 0 Å². The third kappa shape index (κ3) is 3.88. The summed E-state index contributed by atoms with van der Waals surface area (Å²) in [6, 6.07) is 2.88. The maximum absolute atomic E-state index is 13.3. The van der Waals surface area contributed by atoms with Gasteiger partial charge in [-0.25, -0.2) is 17.5 Å². The number of rotatable bonds is 4. The number of aromatic amines is 1. The topological polar surface area (TPSA) is 108 Å². The van der Waals surface area contributed by atoms with Crippen LogP contribution >= 0.6 is 11.6 Å². The number of hydrogen-bond acceptors (Lipinski definition) is 5. The summed E-state index contributed by atoms with van der Waals surface area (Å²) in [4.78, 5) is 14.2. The highest BCUT2D eigenvalue weighted by Gasteiger charge is 2.46. The van der Waals surface area contributed by atoms with Crippen LogP contribution in [0.3, 0.4) is 0 Å². The number of nitrogens with one attached hydrogen (secondary N) is 2. The van der Waals surface area contributed by atoms with Gasteiger partial charge in [0.1, 0.15) is 10.7 Å². The van der Waals surface area contributed by atoms with Gasteiger partial charge in [0.25, 0.3) is 5.91 Å². The van der Waals surface area contributed by atoms with Crippen molar-refractivity contribution in [1.82, 2.24) is 25.0 Å². The Labute approximate surface area is 172 Å². The summed E-state index contributed by atoms with van der Waals surface area (Å²) in [7, 11) is -3.92. The number of nitrogens with zero attached hydrogens (tertiary/aromatic N) is 3. The van der Waals surface area contributed by atoms with Gasteiger partial charge in [-0.3, -0.25) is 4.79 Å². The average molecular weight is 442 g/mol. The molecule has 0 radical (unpaired) electrons. The molecule has 4 atom stereocenters. The van der Waals surface area contributed by atoms with E-state index in [0.29, 0.717) is 25.4 Å². The molecule has 4 rings (SSSR count). The molecule has 1 aromatic carbocycles. The van der Waals surface area contributed by atoms with Crippen LogP contribution in [0, 0.1) is 23.6 Å². The van der Waals surface area contributed by atoms with E-state index < -0.39 is 15.8 Å². The first kappa shape index (κ1) is 20.2. The van der Waals surface area contributed by atoms with Crippen molar-refractivity contribution in [3.63, 3.8) is 0 Å². The molecule has 29 heavy (non-hydrogen) atoms. The molecular weight excluding hydrogens is 421 g/mol. The minimum absolute atomic E-state index is 0.0244. The van der Waals surface area contributed by atoms with E-state index in [1.54, 1.807) is 4.90 Å². The van der Waals surface area contributed by atoms with Crippen LogP contribution in [0.5, 0.6) is 0 Å². The number of carbonyl (C=O) groups is 1. The number of halogens is 2.